The lowest BCUT2D eigenvalue weighted by atomic mass is 10.1. The van der Waals surface area contributed by atoms with Crippen molar-refractivity contribution in [3.05, 3.63) is 42.2 Å². The highest BCUT2D eigenvalue weighted by atomic mass is 16.3. The molecule has 5 nitrogen and oxygen atoms in total. The lowest BCUT2D eigenvalue weighted by molar-refractivity contribution is 0.0904. The number of fused-ring (bicyclic) bond motifs is 1. The zero-order chi connectivity index (χ0) is 12.5. The lowest BCUT2D eigenvalue weighted by Crippen LogP contribution is -2.03. The van der Waals surface area contributed by atoms with Crippen molar-refractivity contribution in [3.8, 4) is 11.6 Å². The quantitative estimate of drug-likeness (QED) is 0.688. The average molecular weight is 242 g/mol. The molecule has 0 spiro atoms. The monoisotopic (exact) mass is 242 g/mol. The van der Waals surface area contributed by atoms with Crippen LogP contribution in [0, 0.1) is 0 Å². The van der Waals surface area contributed by atoms with E-state index in [1.807, 2.05) is 0 Å². The Balaban J connectivity index is 2.10. The molecule has 3 rings (SSSR count). The Kier molecular flexibility index (Phi) is 2.46. The van der Waals surface area contributed by atoms with Crippen LogP contribution >= 0.6 is 0 Å². The number of benzene rings is 1. The number of furan rings is 1. The van der Waals surface area contributed by atoms with Gasteiger partial charge in [0.1, 0.15) is 6.61 Å². The summed E-state index contributed by atoms with van der Waals surface area (Å²) in [7, 11) is 0. The minimum Gasteiger partial charge on any atom is -0.461 e. The molecule has 0 unspecified atom stereocenters. The number of nitrogens with one attached hydrogen (secondary N) is 1. The largest absolute Gasteiger partial charge is 0.461 e. The molecule has 2 heterocycles. The molecule has 0 aliphatic rings. The molecule has 5 heteroatoms. The number of hydrogen-bond acceptors (Lipinski definition) is 4. The third-order valence-corrected chi connectivity index (χ3v) is 2.70. The highest BCUT2D eigenvalue weighted by molar-refractivity contribution is 5.99. The molecule has 0 radical (unpaired) electrons. The Morgan fingerprint density at radius 3 is 3.00 bits per heavy atom. The number of imidazole rings is 1. The zero-order valence-corrected chi connectivity index (χ0v) is 9.38. The van der Waals surface area contributed by atoms with Crippen LogP contribution in [0.25, 0.3) is 22.6 Å². The molecular weight excluding hydrogens is 232 g/mol. The second kappa shape index (κ2) is 4.12. The van der Waals surface area contributed by atoms with Gasteiger partial charge in [0.25, 0.3) is 0 Å². The van der Waals surface area contributed by atoms with Crippen molar-refractivity contribution in [1.82, 2.24) is 9.97 Å². The molecule has 0 saturated carbocycles. The van der Waals surface area contributed by atoms with Gasteiger partial charge in [-0.05, 0) is 30.3 Å². The summed E-state index contributed by atoms with van der Waals surface area (Å²) in [4.78, 5) is 18.8. The number of carbonyl (C=O) groups excluding carboxylic acids is 1. The van der Waals surface area contributed by atoms with Gasteiger partial charge in [-0.3, -0.25) is 4.79 Å². The molecule has 0 bridgehead atoms. The summed E-state index contributed by atoms with van der Waals surface area (Å²) in [6, 6.07) is 8.64. The fourth-order valence-corrected chi connectivity index (χ4v) is 1.80. The molecule has 2 N–H and O–H groups in total. The number of aromatic amines is 1. The first-order valence-electron chi connectivity index (χ1n) is 5.45. The van der Waals surface area contributed by atoms with Gasteiger partial charge in [0, 0.05) is 5.56 Å². The number of aliphatic hydroxyl groups excluding tert-OH is 1. The molecule has 0 aliphatic carbocycles. The van der Waals surface area contributed by atoms with Gasteiger partial charge in [-0.15, -0.1) is 0 Å². The molecule has 1 aromatic carbocycles. The van der Waals surface area contributed by atoms with E-state index in [4.69, 9.17) is 9.52 Å². The van der Waals surface area contributed by atoms with E-state index in [1.165, 1.54) is 0 Å². The van der Waals surface area contributed by atoms with Gasteiger partial charge in [0.15, 0.2) is 17.4 Å². The maximum Gasteiger partial charge on any atom is 0.188 e. The van der Waals surface area contributed by atoms with Gasteiger partial charge < -0.3 is 14.5 Å². The first-order valence-corrected chi connectivity index (χ1v) is 5.45. The topological polar surface area (TPSA) is 79.1 Å². The number of Topliss-reactive ketones (excluding diaryl/α,β-unsaturated/α-hetero) is 1. The van der Waals surface area contributed by atoms with Crippen LogP contribution in [0.15, 0.2) is 41.0 Å². The van der Waals surface area contributed by atoms with E-state index in [2.05, 4.69) is 9.97 Å². The van der Waals surface area contributed by atoms with Crippen molar-refractivity contribution in [2.75, 3.05) is 6.61 Å². The van der Waals surface area contributed by atoms with Crippen LogP contribution in [0.2, 0.25) is 0 Å². The summed E-state index contributed by atoms with van der Waals surface area (Å²) < 4.78 is 5.25. The van der Waals surface area contributed by atoms with Gasteiger partial charge in [0.2, 0.25) is 0 Å². The number of H-pyrrole nitrogens is 1. The van der Waals surface area contributed by atoms with Crippen molar-refractivity contribution in [2.24, 2.45) is 0 Å². The molecular formula is C13H10N2O3. The van der Waals surface area contributed by atoms with Crippen LogP contribution in [0.4, 0.5) is 0 Å². The van der Waals surface area contributed by atoms with Gasteiger partial charge in [0.05, 0.1) is 17.3 Å². The van der Waals surface area contributed by atoms with Gasteiger partial charge >= 0.3 is 0 Å². The second-order valence-electron chi connectivity index (χ2n) is 3.88. The predicted octanol–water partition coefficient (Wildman–Crippen LogP) is 2.00. The number of aromatic nitrogens is 2. The summed E-state index contributed by atoms with van der Waals surface area (Å²) in [6.45, 7) is -0.495. The Morgan fingerprint density at radius 1 is 1.39 bits per heavy atom. The van der Waals surface area contributed by atoms with Crippen LogP contribution in [-0.2, 0) is 0 Å². The van der Waals surface area contributed by atoms with Crippen molar-refractivity contribution in [2.45, 2.75) is 0 Å². The first kappa shape index (κ1) is 10.7. The third-order valence-electron chi connectivity index (χ3n) is 2.70. The van der Waals surface area contributed by atoms with Crippen molar-refractivity contribution in [1.29, 1.82) is 0 Å². The molecule has 0 fully saturated rings. The molecule has 0 aliphatic heterocycles. The summed E-state index contributed by atoms with van der Waals surface area (Å²) in [6.07, 6.45) is 1.57. The average Bonchev–Trinajstić information content (AvgIpc) is 3.04. The second-order valence-corrected chi connectivity index (χ2v) is 3.88. The van der Waals surface area contributed by atoms with E-state index < -0.39 is 6.61 Å². The predicted molar refractivity (Wildman–Crippen MR) is 65.2 cm³/mol. The highest BCUT2D eigenvalue weighted by Gasteiger charge is 2.10. The number of carbonyl (C=O) groups is 1. The molecule has 2 aromatic heterocycles. The van der Waals surface area contributed by atoms with E-state index in [-0.39, 0.29) is 5.78 Å². The SMILES string of the molecule is O=C(CO)c1ccc2nc(-c3ccco3)[nH]c2c1. The van der Waals surface area contributed by atoms with E-state index in [1.54, 1.807) is 36.6 Å². The maximum absolute atomic E-state index is 11.4. The third kappa shape index (κ3) is 1.70. The number of ketones is 1. The van der Waals surface area contributed by atoms with Crippen LogP contribution in [0.3, 0.4) is 0 Å². The number of rotatable bonds is 3. The Hall–Kier alpha value is -2.40. The normalized spacial score (nSPS) is 10.9. The number of hydrogen-bond donors (Lipinski definition) is 2. The standard InChI is InChI=1S/C13H10N2O3/c16-7-11(17)8-3-4-9-10(6-8)15-13(14-9)12-2-1-5-18-12/h1-6,16H,7H2,(H,14,15). The van der Waals surface area contributed by atoms with Crippen molar-refractivity contribution in [3.63, 3.8) is 0 Å². The van der Waals surface area contributed by atoms with Crippen LogP contribution in [-0.4, -0.2) is 27.5 Å². The Bertz CT molecular complexity index is 698. The zero-order valence-electron chi connectivity index (χ0n) is 9.38. The van der Waals surface area contributed by atoms with E-state index in [0.717, 1.165) is 11.0 Å². The van der Waals surface area contributed by atoms with Crippen molar-refractivity contribution >= 4 is 16.8 Å². The maximum atomic E-state index is 11.4. The summed E-state index contributed by atoms with van der Waals surface area (Å²) in [5.41, 5.74) is 1.94. The highest BCUT2D eigenvalue weighted by Crippen LogP contribution is 2.21. The number of nitrogens with zero attached hydrogens (tertiary/aromatic N) is 1. The van der Waals surface area contributed by atoms with E-state index in [0.29, 0.717) is 17.1 Å². The molecule has 18 heavy (non-hydrogen) atoms. The summed E-state index contributed by atoms with van der Waals surface area (Å²) in [5.74, 6) is 0.941. The minimum absolute atomic E-state index is 0.314. The van der Waals surface area contributed by atoms with Crippen LogP contribution in [0.1, 0.15) is 10.4 Å². The van der Waals surface area contributed by atoms with E-state index >= 15 is 0 Å². The molecule has 0 saturated heterocycles. The minimum atomic E-state index is -0.495. The smallest absolute Gasteiger partial charge is 0.188 e. The Morgan fingerprint density at radius 2 is 2.28 bits per heavy atom. The fraction of sp³-hybridized carbons (Fsp3) is 0.0769. The molecule has 0 amide bonds. The van der Waals surface area contributed by atoms with Gasteiger partial charge in [-0.1, -0.05) is 0 Å². The summed E-state index contributed by atoms with van der Waals surface area (Å²) in [5, 5.41) is 8.83. The van der Waals surface area contributed by atoms with Crippen LogP contribution < -0.4 is 0 Å². The Labute approximate surface area is 102 Å². The van der Waals surface area contributed by atoms with E-state index in [9.17, 15) is 4.79 Å². The molecule has 0 atom stereocenters. The van der Waals surface area contributed by atoms with Gasteiger partial charge in [-0.25, -0.2) is 4.98 Å². The fourth-order valence-electron chi connectivity index (χ4n) is 1.80. The van der Waals surface area contributed by atoms with Gasteiger partial charge in [-0.2, -0.15) is 0 Å². The number of aliphatic hydroxyl groups is 1. The molecule has 3 aromatic rings. The molecule has 90 valence electrons. The van der Waals surface area contributed by atoms with Crippen molar-refractivity contribution < 1.29 is 14.3 Å². The first-order chi connectivity index (χ1) is 8.78. The van der Waals surface area contributed by atoms with Crippen LogP contribution in [0.5, 0.6) is 0 Å². The summed E-state index contributed by atoms with van der Waals surface area (Å²) >= 11 is 0. The lowest BCUT2D eigenvalue weighted by Gasteiger charge is -1.95.